The van der Waals surface area contributed by atoms with Crippen molar-refractivity contribution in [2.24, 2.45) is 7.05 Å². The zero-order chi connectivity index (χ0) is 14.9. The van der Waals surface area contributed by atoms with Crippen molar-refractivity contribution >= 4 is 28.7 Å². The first-order valence-corrected chi connectivity index (χ1v) is 7.20. The summed E-state index contributed by atoms with van der Waals surface area (Å²) < 4.78 is 3.72. The standard InChI is InChI=1S/C13H20ClN5O/c1-5-9-12-13(18(4)16-9)19(8-11(20)17(2)3)10(15-12)6-7-14/h5-8H2,1-4H3. The van der Waals surface area contributed by atoms with Gasteiger partial charge in [0.2, 0.25) is 5.91 Å². The summed E-state index contributed by atoms with van der Waals surface area (Å²) >= 11 is 5.84. The van der Waals surface area contributed by atoms with Crippen LogP contribution in [0.5, 0.6) is 0 Å². The van der Waals surface area contributed by atoms with Crippen molar-refractivity contribution in [3.05, 3.63) is 11.5 Å². The Kier molecular flexibility index (Phi) is 4.32. The number of nitrogens with zero attached hydrogens (tertiary/aromatic N) is 5. The maximum Gasteiger partial charge on any atom is 0.242 e. The van der Waals surface area contributed by atoms with Gasteiger partial charge < -0.3 is 9.47 Å². The predicted molar refractivity (Wildman–Crippen MR) is 79.0 cm³/mol. The summed E-state index contributed by atoms with van der Waals surface area (Å²) in [6, 6.07) is 0. The lowest BCUT2D eigenvalue weighted by Gasteiger charge is -2.13. The van der Waals surface area contributed by atoms with E-state index in [1.54, 1.807) is 23.7 Å². The zero-order valence-electron chi connectivity index (χ0n) is 12.4. The van der Waals surface area contributed by atoms with E-state index in [9.17, 15) is 4.79 Å². The highest BCUT2D eigenvalue weighted by Crippen LogP contribution is 2.20. The topological polar surface area (TPSA) is 56.0 Å². The van der Waals surface area contributed by atoms with Gasteiger partial charge in [-0.2, -0.15) is 5.10 Å². The molecule has 0 aliphatic heterocycles. The number of alkyl halides is 1. The molecule has 0 unspecified atom stereocenters. The minimum atomic E-state index is 0.0272. The number of fused-ring (bicyclic) bond motifs is 1. The van der Waals surface area contributed by atoms with Crippen molar-refractivity contribution in [2.45, 2.75) is 26.3 Å². The van der Waals surface area contributed by atoms with Crippen LogP contribution in [0.25, 0.3) is 11.2 Å². The van der Waals surface area contributed by atoms with Crippen LogP contribution in [0.3, 0.4) is 0 Å². The number of carbonyl (C=O) groups excluding carboxylic acids is 1. The predicted octanol–water partition coefficient (Wildman–Crippen LogP) is 1.20. The van der Waals surface area contributed by atoms with E-state index in [-0.39, 0.29) is 12.5 Å². The van der Waals surface area contributed by atoms with Crippen LogP contribution in [0.4, 0.5) is 0 Å². The Balaban J connectivity index is 2.56. The molecule has 2 heterocycles. The second-order valence-corrected chi connectivity index (χ2v) is 5.32. The highest BCUT2D eigenvalue weighted by molar-refractivity contribution is 6.17. The molecule has 7 heteroatoms. The number of aryl methyl sites for hydroxylation is 3. The van der Waals surface area contributed by atoms with Crippen LogP contribution in [-0.2, 0) is 31.2 Å². The fourth-order valence-electron chi connectivity index (χ4n) is 2.24. The molecule has 0 bridgehead atoms. The zero-order valence-corrected chi connectivity index (χ0v) is 13.1. The molecule has 2 aromatic rings. The van der Waals surface area contributed by atoms with Gasteiger partial charge in [0.1, 0.15) is 17.9 Å². The molecule has 0 fully saturated rings. The number of likely N-dealkylation sites (N-methyl/N-ethyl adjacent to an activating group) is 1. The van der Waals surface area contributed by atoms with Crippen LogP contribution in [0, 0.1) is 0 Å². The molecular formula is C13H20ClN5O. The van der Waals surface area contributed by atoms with Crippen LogP contribution in [0.1, 0.15) is 18.4 Å². The van der Waals surface area contributed by atoms with E-state index < -0.39 is 0 Å². The van der Waals surface area contributed by atoms with Crippen LogP contribution >= 0.6 is 11.6 Å². The molecule has 0 aliphatic carbocycles. The van der Waals surface area contributed by atoms with E-state index in [2.05, 4.69) is 10.1 Å². The van der Waals surface area contributed by atoms with Crippen LogP contribution in [0.15, 0.2) is 0 Å². The molecule has 0 radical (unpaired) electrons. The number of carbonyl (C=O) groups is 1. The van der Waals surface area contributed by atoms with Crippen molar-refractivity contribution in [3.8, 4) is 0 Å². The Morgan fingerprint density at radius 1 is 1.40 bits per heavy atom. The van der Waals surface area contributed by atoms with Crippen molar-refractivity contribution in [3.63, 3.8) is 0 Å². The van der Waals surface area contributed by atoms with Gasteiger partial charge >= 0.3 is 0 Å². The van der Waals surface area contributed by atoms with Crippen LogP contribution in [0.2, 0.25) is 0 Å². The van der Waals surface area contributed by atoms with Crippen molar-refractivity contribution in [1.82, 2.24) is 24.2 Å². The van der Waals surface area contributed by atoms with Gasteiger partial charge in [-0.3, -0.25) is 9.48 Å². The largest absolute Gasteiger partial charge is 0.347 e. The molecule has 6 nitrogen and oxygen atoms in total. The molecule has 0 saturated heterocycles. The molecule has 110 valence electrons. The summed E-state index contributed by atoms with van der Waals surface area (Å²) in [5.74, 6) is 1.35. The number of hydrogen-bond donors (Lipinski definition) is 0. The monoisotopic (exact) mass is 297 g/mol. The van der Waals surface area contributed by atoms with Gasteiger partial charge in [-0.25, -0.2) is 4.98 Å². The molecule has 2 aromatic heterocycles. The molecule has 20 heavy (non-hydrogen) atoms. The van der Waals surface area contributed by atoms with E-state index in [1.165, 1.54) is 0 Å². The number of rotatable bonds is 5. The van der Waals surface area contributed by atoms with Gasteiger partial charge in [0.15, 0.2) is 5.65 Å². The Labute approximate surface area is 123 Å². The highest BCUT2D eigenvalue weighted by atomic mass is 35.5. The number of imidazole rings is 1. The third kappa shape index (κ3) is 2.52. The number of aromatic nitrogens is 4. The normalized spacial score (nSPS) is 11.2. The van der Waals surface area contributed by atoms with Gasteiger partial charge in [0.25, 0.3) is 0 Å². The van der Waals surface area contributed by atoms with Crippen molar-refractivity contribution < 1.29 is 4.79 Å². The first-order valence-electron chi connectivity index (χ1n) is 6.66. The van der Waals surface area contributed by atoms with Crippen LogP contribution < -0.4 is 0 Å². The summed E-state index contributed by atoms with van der Waals surface area (Å²) in [6.45, 7) is 2.31. The molecule has 0 aliphatic rings. The maximum atomic E-state index is 12.0. The SMILES string of the molecule is CCc1nn(C)c2c1nc(CCCl)n2CC(=O)N(C)C. The Morgan fingerprint density at radius 3 is 2.65 bits per heavy atom. The smallest absolute Gasteiger partial charge is 0.242 e. The molecule has 0 N–H and O–H groups in total. The first-order chi connectivity index (χ1) is 9.49. The molecule has 0 saturated carbocycles. The summed E-state index contributed by atoms with van der Waals surface area (Å²) in [4.78, 5) is 18.2. The van der Waals surface area contributed by atoms with Gasteiger partial charge in [-0.1, -0.05) is 6.92 Å². The number of amides is 1. The average Bonchev–Trinajstić information content (AvgIpc) is 2.89. The summed E-state index contributed by atoms with van der Waals surface area (Å²) in [5.41, 5.74) is 2.72. The van der Waals surface area contributed by atoms with E-state index in [0.717, 1.165) is 29.1 Å². The highest BCUT2D eigenvalue weighted by Gasteiger charge is 2.20. The fourth-order valence-corrected chi connectivity index (χ4v) is 2.41. The molecule has 2 rings (SSSR count). The summed E-state index contributed by atoms with van der Waals surface area (Å²) in [5, 5.41) is 4.46. The van der Waals surface area contributed by atoms with E-state index in [4.69, 9.17) is 11.6 Å². The van der Waals surface area contributed by atoms with Crippen LogP contribution in [-0.4, -0.2) is 50.1 Å². The quantitative estimate of drug-likeness (QED) is 0.779. The lowest BCUT2D eigenvalue weighted by molar-refractivity contribution is -0.129. The lowest BCUT2D eigenvalue weighted by Crippen LogP contribution is -2.27. The fraction of sp³-hybridized carbons (Fsp3) is 0.615. The van der Waals surface area contributed by atoms with E-state index in [1.807, 2.05) is 18.5 Å². The first kappa shape index (κ1) is 14.8. The Hall–Kier alpha value is -1.56. The third-order valence-corrected chi connectivity index (χ3v) is 3.50. The second kappa shape index (κ2) is 5.83. The Bertz CT molecular complexity index is 628. The van der Waals surface area contributed by atoms with E-state index in [0.29, 0.717) is 12.3 Å². The molecule has 0 atom stereocenters. The molecular weight excluding hydrogens is 278 g/mol. The lowest BCUT2D eigenvalue weighted by atomic mass is 10.3. The number of halogens is 1. The molecule has 0 spiro atoms. The Morgan fingerprint density at radius 2 is 2.10 bits per heavy atom. The van der Waals surface area contributed by atoms with Gasteiger partial charge in [0.05, 0.1) is 5.69 Å². The second-order valence-electron chi connectivity index (χ2n) is 4.94. The van der Waals surface area contributed by atoms with Gasteiger partial charge in [-0.05, 0) is 6.42 Å². The third-order valence-electron chi connectivity index (χ3n) is 3.32. The average molecular weight is 298 g/mol. The minimum absolute atomic E-state index is 0.0272. The maximum absolute atomic E-state index is 12.0. The van der Waals surface area contributed by atoms with Crippen molar-refractivity contribution in [2.75, 3.05) is 20.0 Å². The molecule has 0 aromatic carbocycles. The van der Waals surface area contributed by atoms with Gasteiger partial charge in [0, 0.05) is 33.4 Å². The van der Waals surface area contributed by atoms with Crippen molar-refractivity contribution in [1.29, 1.82) is 0 Å². The number of hydrogen-bond acceptors (Lipinski definition) is 3. The summed E-state index contributed by atoms with van der Waals surface area (Å²) in [7, 11) is 5.38. The minimum Gasteiger partial charge on any atom is -0.347 e. The van der Waals surface area contributed by atoms with E-state index >= 15 is 0 Å². The van der Waals surface area contributed by atoms with Gasteiger partial charge in [-0.15, -0.1) is 11.6 Å². The molecule has 1 amide bonds. The summed E-state index contributed by atoms with van der Waals surface area (Å²) in [6.07, 6.45) is 1.45.